The molecule has 0 saturated carbocycles. The number of ether oxygens (including phenoxy) is 1. The molecule has 0 aliphatic carbocycles. The predicted molar refractivity (Wildman–Crippen MR) is 109 cm³/mol. The lowest BCUT2D eigenvalue weighted by atomic mass is 10.1. The predicted octanol–water partition coefficient (Wildman–Crippen LogP) is 3.08. The number of carbonyl (C=O) groups excluding carboxylic acids is 2. The molecule has 172 valence electrons. The second kappa shape index (κ2) is 8.41. The highest BCUT2D eigenvalue weighted by Gasteiger charge is 2.39. The largest absolute Gasteiger partial charge is 0.492 e. The first-order valence-corrected chi connectivity index (χ1v) is 9.51. The van der Waals surface area contributed by atoms with E-state index in [1.807, 2.05) is 0 Å². The van der Waals surface area contributed by atoms with Gasteiger partial charge in [0, 0.05) is 18.3 Å². The Kier molecular flexibility index (Phi) is 5.62. The number of fused-ring (bicyclic) bond motifs is 1. The van der Waals surface area contributed by atoms with Crippen LogP contribution in [-0.4, -0.2) is 46.4 Å². The third-order valence-corrected chi connectivity index (χ3v) is 4.79. The molecule has 0 saturated heterocycles. The second-order valence-electron chi connectivity index (χ2n) is 6.87. The summed E-state index contributed by atoms with van der Waals surface area (Å²) in [5.74, 6) is -3.50. The molecule has 3 heterocycles. The maximum atomic E-state index is 14.2. The van der Waals surface area contributed by atoms with Gasteiger partial charge in [-0.2, -0.15) is 18.3 Å². The van der Waals surface area contributed by atoms with Crippen LogP contribution in [0.2, 0.25) is 0 Å². The number of methoxy groups -OCH3 is 1. The molecular formula is C20H16F4N6O3. The van der Waals surface area contributed by atoms with E-state index in [1.54, 1.807) is 5.32 Å². The molecule has 0 radical (unpaired) electrons. The number of alkyl halides is 3. The van der Waals surface area contributed by atoms with E-state index in [1.165, 1.54) is 42.3 Å². The van der Waals surface area contributed by atoms with Crippen LogP contribution >= 0.6 is 0 Å². The van der Waals surface area contributed by atoms with Crippen LogP contribution in [0.5, 0.6) is 5.75 Å². The zero-order valence-electron chi connectivity index (χ0n) is 17.0. The van der Waals surface area contributed by atoms with Gasteiger partial charge in [-0.3, -0.25) is 19.3 Å². The maximum Gasteiger partial charge on any atom is 0.471 e. The van der Waals surface area contributed by atoms with Crippen molar-refractivity contribution in [3.63, 3.8) is 0 Å². The van der Waals surface area contributed by atoms with E-state index < -0.39 is 23.8 Å². The van der Waals surface area contributed by atoms with Crippen molar-refractivity contribution in [2.24, 2.45) is 0 Å². The topological polar surface area (TPSA) is 110 Å². The van der Waals surface area contributed by atoms with Crippen LogP contribution < -0.4 is 20.7 Å². The molecule has 9 nitrogen and oxygen atoms in total. The van der Waals surface area contributed by atoms with E-state index in [2.05, 4.69) is 20.7 Å². The third-order valence-electron chi connectivity index (χ3n) is 4.79. The van der Waals surface area contributed by atoms with Gasteiger partial charge in [0.25, 0.3) is 5.91 Å². The van der Waals surface area contributed by atoms with E-state index in [4.69, 9.17) is 4.74 Å². The molecule has 0 bridgehead atoms. The highest BCUT2D eigenvalue weighted by molar-refractivity contribution is 6.05. The van der Waals surface area contributed by atoms with E-state index in [-0.39, 0.29) is 52.9 Å². The number of carbonyl (C=O) groups is 2. The van der Waals surface area contributed by atoms with Crippen molar-refractivity contribution in [2.45, 2.75) is 12.7 Å². The lowest BCUT2D eigenvalue weighted by Crippen LogP contribution is -2.35. The summed E-state index contributed by atoms with van der Waals surface area (Å²) in [5, 5.41) is 11.7. The first kappa shape index (κ1) is 22.0. The number of hydrogen-bond donors (Lipinski definition) is 3. The van der Waals surface area contributed by atoms with Crippen molar-refractivity contribution >= 4 is 28.9 Å². The standard InChI is InChI=1S/C20H16F4N6O3/c1-33-17-11(21)3-2-4-12(17)27-15-14(29-30-8-7-26-18(31)16(15)30)10-5-6-25-9-13(10)28-19(32)20(22,23)24/h2-6,9,27H,7-8H2,1H3,(H,26,31)(H,28,32). The molecule has 33 heavy (non-hydrogen) atoms. The van der Waals surface area contributed by atoms with Crippen molar-refractivity contribution in [1.29, 1.82) is 0 Å². The molecule has 2 amide bonds. The molecule has 1 aliphatic heterocycles. The average Bonchev–Trinajstić information content (AvgIpc) is 3.13. The number of nitrogens with zero attached hydrogens (tertiary/aromatic N) is 3. The molecule has 0 fully saturated rings. The zero-order chi connectivity index (χ0) is 23.8. The van der Waals surface area contributed by atoms with Gasteiger partial charge in [-0.25, -0.2) is 4.39 Å². The number of rotatable bonds is 5. The van der Waals surface area contributed by atoms with Crippen LogP contribution in [-0.2, 0) is 11.3 Å². The first-order chi connectivity index (χ1) is 15.7. The van der Waals surface area contributed by atoms with Crippen molar-refractivity contribution in [3.05, 3.63) is 48.2 Å². The third kappa shape index (κ3) is 4.16. The molecule has 2 aromatic heterocycles. The molecule has 3 aromatic rings. The Balaban J connectivity index is 1.87. The lowest BCUT2D eigenvalue weighted by Gasteiger charge is -2.17. The molecule has 0 atom stereocenters. The molecule has 1 aromatic carbocycles. The van der Waals surface area contributed by atoms with Crippen molar-refractivity contribution in [2.75, 3.05) is 24.3 Å². The van der Waals surface area contributed by atoms with E-state index in [0.717, 1.165) is 6.20 Å². The van der Waals surface area contributed by atoms with E-state index in [0.29, 0.717) is 0 Å². The summed E-state index contributed by atoms with van der Waals surface area (Å²) in [4.78, 5) is 27.9. The number of nitrogens with one attached hydrogen (secondary N) is 3. The Labute approximate surface area is 183 Å². The number of hydrogen-bond acceptors (Lipinski definition) is 6. The monoisotopic (exact) mass is 464 g/mol. The molecule has 1 aliphatic rings. The number of amides is 2. The molecule has 3 N–H and O–H groups in total. The van der Waals surface area contributed by atoms with Crippen LogP contribution in [0.4, 0.5) is 34.6 Å². The van der Waals surface area contributed by atoms with Gasteiger partial charge in [-0.1, -0.05) is 6.07 Å². The average molecular weight is 464 g/mol. The van der Waals surface area contributed by atoms with Crippen LogP contribution in [0.3, 0.4) is 0 Å². The molecular weight excluding hydrogens is 448 g/mol. The van der Waals surface area contributed by atoms with Gasteiger partial charge in [0.1, 0.15) is 11.4 Å². The van der Waals surface area contributed by atoms with E-state index >= 15 is 0 Å². The van der Waals surface area contributed by atoms with Gasteiger partial charge in [-0.15, -0.1) is 0 Å². The highest BCUT2D eigenvalue weighted by atomic mass is 19.4. The summed E-state index contributed by atoms with van der Waals surface area (Å²) >= 11 is 0. The Bertz CT molecular complexity index is 1240. The second-order valence-corrected chi connectivity index (χ2v) is 6.87. The fourth-order valence-electron chi connectivity index (χ4n) is 3.36. The fraction of sp³-hybridized carbons (Fsp3) is 0.200. The summed E-state index contributed by atoms with van der Waals surface area (Å²) in [7, 11) is 1.26. The summed E-state index contributed by atoms with van der Waals surface area (Å²) in [6.07, 6.45) is -2.80. The molecule has 13 heteroatoms. The highest BCUT2D eigenvalue weighted by Crippen LogP contribution is 2.39. The summed E-state index contributed by atoms with van der Waals surface area (Å²) in [6, 6.07) is 5.43. The lowest BCUT2D eigenvalue weighted by molar-refractivity contribution is -0.167. The number of anilines is 3. The fourth-order valence-corrected chi connectivity index (χ4v) is 3.36. The number of aromatic nitrogens is 3. The first-order valence-electron chi connectivity index (χ1n) is 9.51. The minimum Gasteiger partial charge on any atom is -0.492 e. The minimum atomic E-state index is -5.13. The number of para-hydroxylation sites is 1. The number of benzene rings is 1. The smallest absolute Gasteiger partial charge is 0.471 e. The Morgan fingerprint density at radius 2 is 2.03 bits per heavy atom. The van der Waals surface area contributed by atoms with Crippen LogP contribution in [0.25, 0.3) is 11.3 Å². The van der Waals surface area contributed by atoms with Gasteiger partial charge in [0.15, 0.2) is 11.6 Å². The van der Waals surface area contributed by atoms with Crippen LogP contribution in [0, 0.1) is 5.82 Å². The van der Waals surface area contributed by atoms with Gasteiger partial charge >= 0.3 is 12.1 Å². The Morgan fingerprint density at radius 3 is 2.76 bits per heavy atom. The van der Waals surface area contributed by atoms with Crippen molar-refractivity contribution in [1.82, 2.24) is 20.1 Å². The molecule has 0 spiro atoms. The quantitative estimate of drug-likeness (QED) is 0.501. The van der Waals surface area contributed by atoms with Crippen molar-refractivity contribution in [3.8, 4) is 17.0 Å². The zero-order valence-corrected chi connectivity index (χ0v) is 17.0. The number of pyridine rings is 1. The molecule has 0 unspecified atom stereocenters. The van der Waals surface area contributed by atoms with Crippen LogP contribution in [0.15, 0.2) is 36.7 Å². The Morgan fingerprint density at radius 1 is 1.24 bits per heavy atom. The van der Waals surface area contributed by atoms with Crippen molar-refractivity contribution < 1.29 is 31.9 Å². The SMILES string of the molecule is COc1c(F)cccc1Nc1c(-c2ccncc2NC(=O)C(F)(F)F)nn2c1C(=O)NCC2. The summed E-state index contributed by atoms with van der Waals surface area (Å²) < 4.78 is 59.2. The number of halogens is 4. The van der Waals surface area contributed by atoms with Gasteiger partial charge < -0.3 is 20.7 Å². The summed E-state index contributed by atoms with van der Waals surface area (Å²) in [6.45, 7) is 0.565. The molecule has 4 rings (SSSR count). The Hall–Kier alpha value is -4.16. The minimum absolute atomic E-state index is 0.0493. The van der Waals surface area contributed by atoms with Gasteiger partial charge in [-0.05, 0) is 18.2 Å². The normalized spacial score (nSPS) is 13.2. The summed E-state index contributed by atoms with van der Waals surface area (Å²) in [5.41, 5.74) is 0.161. The van der Waals surface area contributed by atoms with Gasteiger partial charge in [0.2, 0.25) is 0 Å². The van der Waals surface area contributed by atoms with E-state index in [9.17, 15) is 27.2 Å². The van der Waals surface area contributed by atoms with Gasteiger partial charge in [0.05, 0.1) is 36.9 Å². The maximum absolute atomic E-state index is 14.2. The van der Waals surface area contributed by atoms with Crippen LogP contribution in [0.1, 0.15) is 10.5 Å².